The van der Waals surface area contributed by atoms with Gasteiger partial charge in [0.15, 0.2) is 0 Å². The molecule has 0 atom stereocenters. The second-order valence-electron chi connectivity index (χ2n) is 3.76. The van der Waals surface area contributed by atoms with Crippen LogP contribution >= 0.6 is 11.6 Å². The second-order valence-corrected chi connectivity index (χ2v) is 4.20. The van der Waals surface area contributed by atoms with E-state index in [9.17, 15) is 0 Å². The molecule has 4 heteroatoms. The third kappa shape index (κ3) is 3.90. The first-order valence-electron chi connectivity index (χ1n) is 5.80. The normalized spacial score (nSPS) is 9.68. The van der Waals surface area contributed by atoms with Crippen LogP contribution in [0.15, 0.2) is 48.5 Å². The average molecular weight is 274 g/mol. The summed E-state index contributed by atoms with van der Waals surface area (Å²) in [5.41, 5.74) is 0.423. The Morgan fingerprint density at radius 3 is 2.47 bits per heavy atom. The van der Waals surface area contributed by atoms with Crippen molar-refractivity contribution in [3.05, 3.63) is 59.1 Å². The van der Waals surface area contributed by atoms with Crippen LogP contribution in [0.3, 0.4) is 0 Å². The lowest BCUT2D eigenvalue weighted by molar-refractivity contribution is 0.217. The van der Waals surface area contributed by atoms with E-state index in [1.165, 1.54) is 0 Å². The summed E-state index contributed by atoms with van der Waals surface area (Å²) < 4.78 is 11.0. The van der Waals surface area contributed by atoms with Crippen molar-refractivity contribution >= 4 is 11.6 Å². The quantitative estimate of drug-likeness (QED) is 0.781. The van der Waals surface area contributed by atoms with Gasteiger partial charge in [0.05, 0.1) is 5.56 Å². The Labute approximate surface area is 117 Å². The lowest BCUT2D eigenvalue weighted by Gasteiger charge is -2.09. The molecule has 0 saturated heterocycles. The van der Waals surface area contributed by atoms with Gasteiger partial charge in [-0.2, -0.15) is 5.26 Å². The van der Waals surface area contributed by atoms with E-state index < -0.39 is 0 Å². The molecular weight excluding hydrogens is 262 g/mol. The SMILES string of the molecule is N#Cc1cc(Cl)ccc1OCCOc1ccccc1. The average Bonchev–Trinajstić information content (AvgIpc) is 2.46. The molecule has 2 aromatic carbocycles. The number of hydrogen-bond acceptors (Lipinski definition) is 3. The maximum Gasteiger partial charge on any atom is 0.137 e. The van der Waals surface area contributed by atoms with Crippen molar-refractivity contribution in [1.82, 2.24) is 0 Å². The molecule has 0 unspecified atom stereocenters. The Kier molecular flexibility index (Phi) is 4.66. The molecule has 0 aliphatic heterocycles. The molecular formula is C15H12ClNO2. The molecule has 0 spiro atoms. The highest BCUT2D eigenvalue weighted by Gasteiger charge is 2.03. The third-order valence-corrected chi connectivity index (χ3v) is 2.65. The van der Waals surface area contributed by atoms with Crippen molar-refractivity contribution in [2.75, 3.05) is 13.2 Å². The first kappa shape index (κ1) is 13.3. The van der Waals surface area contributed by atoms with Gasteiger partial charge in [0.25, 0.3) is 0 Å². The number of hydrogen-bond donors (Lipinski definition) is 0. The fourth-order valence-corrected chi connectivity index (χ4v) is 1.72. The summed E-state index contributed by atoms with van der Waals surface area (Å²) in [6, 6.07) is 16.5. The Bertz CT molecular complexity index is 578. The maximum absolute atomic E-state index is 8.96. The van der Waals surface area contributed by atoms with Gasteiger partial charge in [-0.3, -0.25) is 0 Å². The summed E-state index contributed by atoms with van der Waals surface area (Å²) in [5, 5.41) is 9.48. The van der Waals surface area contributed by atoms with Crippen molar-refractivity contribution in [3.8, 4) is 17.6 Å². The van der Waals surface area contributed by atoms with Gasteiger partial charge in [0.1, 0.15) is 30.8 Å². The van der Waals surface area contributed by atoms with Crippen LogP contribution in [0.2, 0.25) is 5.02 Å². The van der Waals surface area contributed by atoms with Crippen LogP contribution in [0, 0.1) is 11.3 Å². The lowest BCUT2D eigenvalue weighted by Crippen LogP contribution is -2.09. The highest BCUT2D eigenvalue weighted by atomic mass is 35.5. The Hall–Kier alpha value is -2.18. The number of nitriles is 1. The number of halogens is 1. The number of nitrogens with zero attached hydrogens (tertiary/aromatic N) is 1. The molecule has 0 fully saturated rings. The molecule has 0 saturated carbocycles. The molecule has 2 rings (SSSR count). The summed E-state index contributed by atoms with van der Waals surface area (Å²) in [6.45, 7) is 0.780. The monoisotopic (exact) mass is 273 g/mol. The summed E-state index contributed by atoms with van der Waals surface area (Å²) in [4.78, 5) is 0. The van der Waals surface area contributed by atoms with E-state index in [1.54, 1.807) is 18.2 Å². The fourth-order valence-electron chi connectivity index (χ4n) is 1.54. The number of para-hydroxylation sites is 1. The molecule has 0 bridgehead atoms. The smallest absolute Gasteiger partial charge is 0.137 e. The topological polar surface area (TPSA) is 42.2 Å². The number of benzene rings is 2. The predicted molar refractivity (Wildman–Crippen MR) is 73.6 cm³/mol. The Morgan fingerprint density at radius 1 is 1.00 bits per heavy atom. The highest BCUT2D eigenvalue weighted by Crippen LogP contribution is 2.21. The van der Waals surface area contributed by atoms with Gasteiger partial charge in [0.2, 0.25) is 0 Å². The molecule has 0 N–H and O–H groups in total. The van der Waals surface area contributed by atoms with Crippen molar-refractivity contribution in [1.29, 1.82) is 5.26 Å². The van der Waals surface area contributed by atoms with E-state index in [0.29, 0.717) is 29.5 Å². The molecule has 0 aliphatic carbocycles. The van der Waals surface area contributed by atoms with E-state index in [4.69, 9.17) is 26.3 Å². The van der Waals surface area contributed by atoms with Crippen LogP contribution < -0.4 is 9.47 Å². The molecule has 0 heterocycles. The van der Waals surface area contributed by atoms with Gasteiger partial charge in [-0.25, -0.2) is 0 Å². The molecule has 19 heavy (non-hydrogen) atoms. The molecule has 0 amide bonds. The first-order valence-corrected chi connectivity index (χ1v) is 6.17. The number of rotatable bonds is 5. The van der Waals surface area contributed by atoms with Crippen LogP contribution in [0.1, 0.15) is 5.56 Å². The van der Waals surface area contributed by atoms with E-state index in [1.807, 2.05) is 36.4 Å². The molecule has 0 radical (unpaired) electrons. The molecule has 3 nitrogen and oxygen atoms in total. The van der Waals surface area contributed by atoms with Gasteiger partial charge in [-0.15, -0.1) is 0 Å². The van der Waals surface area contributed by atoms with E-state index >= 15 is 0 Å². The summed E-state index contributed by atoms with van der Waals surface area (Å²) in [5.74, 6) is 1.31. The lowest BCUT2D eigenvalue weighted by atomic mass is 10.2. The minimum absolute atomic E-state index is 0.366. The van der Waals surface area contributed by atoms with Crippen molar-refractivity contribution < 1.29 is 9.47 Å². The highest BCUT2D eigenvalue weighted by molar-refractivity contribution is 6.30. The minimum Gasteiger partial charge on any atom is -0.490 e. The van der Waals surface area contributed by atoms with Crippen LogP contribution in [0.25, 0.3) is 0 Å². The van der Waals surface area contributed by atoms with Crippen LogP contribution in [0.5, 0.6) is 11.5 Å². The first-order chi connectivity index (χ1) is 9.29. The van der Waals surface area contributed by atoms with Crippen molar-refractivity contribution in [3.63, 3.8) is 0 Å². The van der Waals surface area contributed by atoms with Crippen molar-refractivity contribution in [2.45, 2.75) is 0 Å². The maximum atomic E-state index is 8.96. The zero-order valence-electron chi connectivity index (χ0n) is 10.2. The summed E-state index contributed by atoms with van der Waals surface area (Å²) in [6.07, 6.45) is 0. The van der Waals surface area contributed by atoms with Crippen LogP contribution in [0.4, 0.5) is 0 Å². The van der Waals surface area contributed by atoms with Crippen LogP contribution in [-0.4, -0.2) is 13.2 Å². The zero-order valence-corrected chi connectivity index (χ0v) is 10.9. The van der Waals surface area contributed by atoms with Gasteiger partial charge >= 0.3 is 0 Å². The van der Waals surface area contributed by atoms with Gasteiger partial charge in [0, 0.05) is 5.02 Å². The minimum atomic E-state index is 0.366. The second kappa shape index (κ2) is 6.67. The fraction of sp³-hybridized carbons (Fsp3) is 0.133. The van der Waals surface area contributed by atoms with E-state index in [0.717, 1.165) is 5.75 Å². The van der Waals surface area contributed by atoms with Crippen molar-refractivity contribution in [2.24, 2.45) is 0 Å². The van der Waals surface area contributed by atoms with Gasteiger partial charge in [-0.05, 0) is 30.3 Å². The van der Waals surface area contributed by atoms with E-state index in [-0.39, 0.29) is 0 Å². The number of ether oxygens (including phenoxy) is 2. The predicted octanol–water partition coefficient (Wildman–Crippen LogP) is 3.67. The summed E-state index contributed by atoms with van der Waals surface area (Å²) >= 11 is 5.81. The zero-order chi connectivity index (χ0) is 13.5. The largest absolute Gasteiger partial charge is 0.490 e. The molecule has 2 aromatic rings. The van der Waals surface area contributed by atoms with Crippen LogP contribution in [-0.2, 0) is 0 Å². The standard InChI is InChI=1S/C15H12ClNO2/c16-13-6-7-15(12(10-13)11-17)19-9-8-18-14-4-2-1-3-5-14/h1-7,10H,8-9H2. The molecule has 96 valence electrons. The van der Waals surface area contributed by atoms with Gasteiger partial charge in [-0.1, -0.05) is 29.8 Å². The summed E-state index contributed by atoms with van der Waals surface area (Å²) in [7, 11) is 0. The van der Waals surface area contributed by atoms with Gasteiger partial charge < -0.3 is 9.47 Å². The molecule has 0 aliphatic rings. The Balaban J connectivity index is 1.85. The Morgan fingerprint density at radius 2 is 1.74 bits per heavy atom. The third-order valence-electron chi connectivity index (χ3n) is 2.41. The molecule has 0 aromatic heterocycles. The van der Waals surface area contributed by atoms with E-state index in [2.05, 4.69) is 0 Å².